The quantitative estimate of drug-likeness (QED) is 0.695. The highest BCUT2D eigenvalue weighted by Gasteiger charge is 2.29. The molecule has 1 amide bonds. The van der Waals surface area contributed by atoms with Gasteiger partial charge in [0, 0.05) is 31.1 Å². The van der Waals surface area contributed by atoms with Crippen LogP contribution in [0.2, 0.25) is 0 Å². The van der Waals surface area contributed by atoms with Crippen LogP contribution in [0.3, 0.4) is 0 Å². The third kappa shape index (κ3) is 3.64. The molecule has 1 N–H and O–H groups in total. The first-order valence-corrected chi connectivity index (χ1v) is 10.4. The number of thiazole rings is 1. The summed E-state index contributed by atoms with van der Waals surface area (Å²) >= 11 is 1.62. The van der Waals surface area contributed by atoms with Crippen LogP contribution in [0.25, 0.3) is 21.9 Å². The van der Waals surface area contributed by atoms with E-state index in [-0.39, 0.29) is 11.5 Å². The van der Waals surface area contributed by atoms with Crippen LogP contribution in [-0.4, -0.2) is 59.8 Å². The molecule has 3 aromatic heterocycles. The lowest BCUT2D eigenvalue weighted by Crippen LogP contribution is -2.29. The molecule has 0 spiro atoms. The van der Waals surface area contributed by atoms with Crippen molar-refractivity contribution in [2.45, 2.75) is 52.2 Å². The number of fused-ring (bicyclic) bond motifs is 1. The zero-order chi connectivity index (χ0) is 20.8. The van der Waals surface area contributed by atoms with Crippen LogP contribution < -0.4 is 4.74 Å². The molecule has 0 saturated carbocycles. The van der Waals surface area contributed by atoms with Gasteiger partial charge in [-0.15, -0.1) is 11.3 Å². The van der Waals surface area contributed by atoms with Crippen LogP contribution in [0.1, 0.15) is 39.1 Å². The maximum atomic E-state index is 11.2. The van der Waals surface area contributed by atoms with Gasteiger partial charge in [0.25, 0.3) is 0 Å². The second-order valence-electron chi connectivity index (χ2n) is 8.07. The SMILES string of the molecule is CCn1c(-c2cnc(C(C)(C)C)s2)nc2c(OC3CCN(C(=O)O)C3)ncnc21. The van der Waals surface area contributed by atoms with Gasteiger partial charge in [-0.05, 0) is 6.92 Å². The van der Waals surface area contributed by atoms with E-state index in [1.807, 2.05) is 17.7 Å². The van der Waals surface area contributed by atoms with Crippen molar-refractivity contribution in [3.8, 4) is 16.6 Å². The molecule has 0 radical (unpaired) electrons. The fourth-order valence-electron chi connectivity index (χ4n) is 3.37. The molecule has 154 valence electrons. The van der Waals surface area contributed by atoms with Crippen molar-refractivity contribution in [2.75, 3.05) is 13.1 Å². The Morgan fingerprint density at radius 2 is 2.14 bits per heavy atom. The predicted octanol–water partition coefficient (Wildman–Crippen LogP) is 3.40. The van der Waals surface area contributed by atoms with Crippen molar-refractivity contribution in [2.24, 2.45) is 0 Å². The second-order valence-corrected chi connectivity index (χ2v) is 9.10. The largest absolute Gasteiger partial charge is 0.471 e. The summed E-state index contributed by atoms with van der Waals surface area (Å²) in [5, 5.41) is 10.2. The van der Waals surface area contributed by atoms with Crippen LogP contribution in [0.4, 0.5) is 4.79 Å². The molecule has 29 heavy (non-hydrogen) atoms. The maximum absolute atomic E-state index is 11.2. The summed E-state index contributed by atoms with van der Waals surface area (Å²) in [6.45, 7) is 9.93. The zero-order valence-electron chi connectivity index (χ0n) is 16.9. The minimum absolute atomic E-state index is 0.0292. The molecule has 1 fully saturated rings. The Morgan fingerprint density at radius 3 is 2.76 bits per heavy atom. The monoisotopic (exact) mass is 416 g/mol. The van der Waals surface area contributed by atoms with Crippen molar-refractivity contribution in [3.05, 3.63) is 17.5 Å². The molecular formula is C19H24N6O3S. The Bertz CT molecular complexity index is 1050. The first kappa shape index (κ1) is 19.6. The fraction of sp³-hybridized carbons (Fsp3) is 0.526. The highest BCUT2D eigenvalue weighted by atomic mass is 32.1. The molecular weight excluding hydrogens is 392 g/mol. The highest BCUT2D eigenvalue weighted by Crippen LogP contribution is 2.35. The summed E-state index contributed by atoms with van der Waals surface area (Å²) in [5.41, 5.74) is 1.26. The third-order valence-electron chi connectivity index (χ3n) is 4.88. The van der Waals surface area contributed by atoms with E-state index in [0.29, 0.717) is 43.1 Å². The van der Waals surface area contributed by atoms with E-state index >= 15 is 0 Å². The normalized spacial score (nSPS) is 17.2. The van der Waals surface area contributed by atoms with E-state index in [4.69, 9.17) is 14.8 Å². The van der Waals surface area contributed by atoms with Gasteiger partial charge in [-0.3, -0.25) is 0 Å². The first-order chi connectivity index (χ1) is 13.8. The van der Waals surface area contributed by atoms with Gasteiger partial charge in [-0.2, -0.15) is 4.98 Å². The maximum Gasteiger partial charge on any atom is 0.407 e. The number of nitrogens with zero attached hydrogens (tertiary/aromatic N) is 6. The summed E-state index contributed by atoms with van der Waals surface area (Å²) in [7, 11) is 0. The van der Waals surface area contributed by atoms with E-state index in [1.54, 1.807) is 11.3 Å². The number of hydrogen-bond acceptors (Lipinski definition) is 7. The lowest BCUT2D eigenvalue weighted by Gasteiger charge is -2.13. The number of likely N-dealkylation sites (tertiary alicyclic amines) is 1. The zero-order valence-corrected chi connectivity index (χ0v) is 17.7. The molecule has 3 aromatic rings. The van der Waals surface area contributed by atoms with Crippen molar-refractivity contribution in [1.82, 2.24) is 29.4 Å². The molecule has 1 atom stereocenters. The highest BCUT2D eigenvalue weighted by molar-refractivity contribution is 7.15. The van der Waals surface area contributed by atoms with Gasteiger partial charge in [-0.1, -0.05) is 20.8 Å². The second kappa shape index (κ2) is 7.25. The molecule has 1 unspecified atom stereocenters. The van der Waals surface area contributed by atoms with Crippen molar-refractivity contribution in [3.63, 3.8) is 0 Å². The number of carboxylic acid groups (broad SMARTS) is 1. The summed E-state index contributed by atoms with van der Waals surface area (Å²) in [6.07, 6.45) is 2.78. The van der Waals surface area contributed by atoms with Gasteiger partial charge in [-0.25, -0.2) is 19.7 Å². The minimum atomic E-state index is -0.929. The van der Waals surface area contributed by atoms with E-state index < -0.39 is 6.09 Å². The topological polar surface area (TPSA) is 106 Å². The number of aryl methyl sites for hydroxylation is 1. The van der Waals surface area contributed by atoms with Gasteiger partial charge in [0.15, 0.2) is 17.0 Å². The van der Waals surface area contributed by atoms with E-state index in [0.717, 1.165) is 15.7 Å². The molecule has 1 aliphatic rings. The van der Waals surface area contributed by atoms with Gasteiger partial charge in [0.2, 0.25) is 5.88 Å². The molecule has 1 saturated heterocycles. The molecule has 0 bridgehead atoms. The number of imidazole rings is 1. The van der Waals surface area contributed by atoms with E-state index in [9.17, 15) is 4.79 Å². The Balaban J connectivity index is 1.70. The Hall–Kier alpha value is -2.75. The summed E-state index contributed by atoms with van der Waals surface area (Å²) in [4.78, 5) is 31.6. The standard InChI is InChI=1S/C19H24N6O3S/c1-5-25-14(12-8-20-17(29-12)19(2,3)4)23-13-15(25)21-10-22-16(13)28-11-6-7-24(9-11)18(26)27/h8,10-11H,5-7,9H2,1-4H3,(H,26,27). The van der Waals surface area contributed by atoms with Crippen molar-refractivity contribution >= 4 is 28.6 Å². The molecule has 10 heteroatoms. The van der Waals surface area contributed by atoms with Crippen LogP contribution in [-0.2, 0) is 12.0 Å². The Kier molecular flexibility index (Phi) is 4.89. The smallest absolute Gasteiger partial charge is 0.407 e. The summed E-state index contributed by atoms with van der Waals surface area (Å²) in [6, 6.07) is 0. The summed E-state index contributed by atoms with van der Waals surface area (Å²) < 4.78 is 8.06. The van der Waals surface area contributed by atoms with Gasteiger partial charge >= 0.3 is 6.09 Å². The minimum Gasteiger partial charge on any atom is -0.471 e. The Labute approximate surface area is 172 Å². The van der Waals surface area contributed by atoms with Gasteiger partial charge in [0.1, 0.15) is 12.4 Å². The van der Waals surface area contributed by atoms with Crippen molar-refractivity contribution < 1.29 is 14.6 Å². The number of aromatic nitrogens is 5. The number of rotatable bonds is 4. The molecule has 9 nitrogen and oxygen atoms in total. The number of carbonyl (C=O) groups is 1. The molecule has 0 aromatic carbocycles. The van der Waals surface area contributed by atoms with E-state index in [1.165, 1.54) is 11.2 Å². The lowest BCUT2D eigenvalue weighted by molar-refractivity contribution is 0.145. The van der Waals surface area contributed by atoms with Crippen LogP contribution in [0, 0.1) is 0 Å². The van der Waals surface area contributed by atoms with E-state index in [2.05, 4.69) is 35.7 Å². The molecule has 1 aliphatic heterocycles. The molecule has 0 aliphatic carbocycles. The number of amides is 1. The van der Waals surface area contributed by atoms with Gasteiger partial charge < -0.3 is 19.3 Å². The number of hydrogen-bond donors (Lipinski definition) is 1. The summed E-state index contributed by atoms with van der Waals surface area (Å²) in [5.74, 6) is 1.18. The average molecular weight is 417 g/mol. The molecule has 4 heterocycles. The first-order valence-electron chi connectivity index (χ1n) is 9.60. The predicted molar refractivity (Wildman–Crippen MR) is 109 cm³/mol. The lowest BCUT2D eigenvalue weighted by atomic mass is 9.98. The fourth-order valence-corrected chi connectivity index (χ4v) is 4.34. The van der Waals surface area contributed by atoms with Crippen molar-refractivity contribution in [1.29, 1.82) is 0 Å². The molecule has 4 rings (SSSR count). The van der Waals surface area contributed by atoms with Crippen LogP contribution >= 0.6 is 11.3 Å². The van der Waals surface area contributed by atoms with Crippen LogP contribution in [0.5, 0.6) is 5.88 Å². The number of ether oxygens (including phenoxy) is 1. The van der Waals surface area contributed by atoms with Gasteiger partial charge in [0.05, 0.1) is 16.4 Å². The average Bonchev–Trinajstić information content (AvgIpc) is 3.39. The van der Waals surface area contributed by atoms with Crippen LogP contribution in [0.15, 0.2) is 12.5 Å². The Morgan fingerprint density at radius 1 is 1.34 bits per heavy atom. The third-order valence-corrected chi connectivity index (χ3v) is 6.30.